The van der Waals surface area contributed by atoms with E-state index in [9.17, 15) is 14.4 Å². The third-order valence-corrected chi connectivity index (χ3v) is 6.62. The van der Waals surface area contributed by atoms with E-state index in [2.05, 4.69) is 23.0 Å². The van der Waals surface area contributed by atoms with E-state index < -0.39 is 17.7 Å². The molecular formula is C29H28Cl2N4O4. The van der Waals surface area contributed by atoms with E-state index in [4.69, 9.17) is 27.9 Å². The summed E-state index contributed by atoms with van der Waals surface area (Å²) in [4.78, 5) is 38.8. The van der Waals surface area contributed by atoms with Gasteiger partial charge in [0.2, 0.25) is 0 Å². The number of carbonyl (C=O) groups is 3. The maximum absolute atomic E-state index is 13.2. The second-order valence-electron chi connectivity index (χ2n) is 8.96. The molecule has 8 nitrogen and oxygen atoms in total. The minimum Gasteiger partial charge on any atom is -0.494 e. The maximum atomic E-state index is 13.2. The van der Waals surface area contributed by atoms with Crippen molar-refractivity contribution >= 4 is 63.2 Å². The molecule has 0 unspecified atom stereocenters. The first-order valence-corrected chi connectivity index (χ1v) is 13.2. The first kappa shape index (κ1) is 28.0. The van der Waals surface area contributed by atoms with Crippen LogP contribution in [0.25, 0.3) is 10.9 Å². The Morgan fingerprint density at radius 3 is 2.31 bits per heavy atom. The van der Waals surface area contributed by atoms with Gasteiger partial charge in [-0.1, -0.05) is 49.0 Å². The highest BCUT2D eigenvalue weighted by Gasteiger charge is 2.21. The number of hydrogen-bond acceptors (Lipinski definition) is 4. The van der Waals surface area contributed by atoms with Crippen LogP contribution in [0.4, 0.5) is 11.4 Å². The second kappa shape index (κ2) is 12.7. The molecule has 0 bridgehead atoms. The van der Waals surface area contributed by atoms with Crippen LogP contribution in [0.2, 0.25) is 10.0 Å². The number of rotatable bonds is 9. The summed E-state index contributed by atoms with van der Waals surface area (Å²) >= 11 is 12.3. The number of carbonyl (C=O) groups excluding carboxylic acids is 3. The van der Waals surface area contributed by atoms with E-state index >= 15 is 0 Å². The van der Waals surface area contributed by atoms with Gasteiger partial charge >= 0.3 is 11.8 Å². The number of benzene rings is 3. The molecule has 4 rings (SSSR count). The van der Waals surface area contributed by atoms with Crippen LogP contribution < -0.4 is 20.8 Å². The number of ether oxygens (including phenoxy) is 1. The number of aromatic nitrogens is 1. The highest BCUT2D eigenvalue weighted by atomic mass is 35.5. The summed E-state index contributed by atoms with van der Waals surface area (Å²) in [5, 5.41) is 6.89. The smallest absolute Gasteiger partial charge is 0.328 e. The molecule has 3 aromatic carbocycles. The van der Waals surface area contributed by atoms with Gasteiger partial charge in [0.15, 0.2) is 0 Å². The zero-order chi connectivity index (χ0) is 27.9. The van der Waals surface area contributed by atoms with E-state index in [0.717, 1.165) is 24.8 Å². The topological polar surface area (TPSA) is 101 Å². The number of amides is 3. The number of anilines is 2. The molecule has 4 aromatic rings. The number of fused-ring (bicyclic) bond motifs is 1. The Hall–Kier alpha value is -4.01. The van der Waals surface area contributed by atoms with Crippen LogP contribution in [-0.2, 0) is 9.59 Å². The fraction of sp³-hybridized carbons (Fsp3) is 0.207. The number of nitrogens with one attached hydrogen (secondary N) is 3. The van der Waals surface area contributed by atoms with Crippen molar-refractivity contribution in [1.29, 1.82) is 0 Å². The molecule has 0 aliphatic rings. The minimum atomic E-state index is -0.963. The third kappa shape index (κ3) is 7.10. The van der Waals surface area contributed by atoms with Gasteiger partial charge in [-0.05, 0) is 79.6 Å². The van der Waals surface area contributed by atoms with Crippen LogP contribution in [0.5, 0.6) is 5.75 Å². The fourth-order valence-electron chi connectivity index (χ4n) is 3.86. The lowest BCUT2D eigenvalue weighted by Crippen LogP contribution is -2.36. The summed E-state index contributed by atoms with van der Waals surface area (Å²) in [7, 11) is 0. The van der Waals surface area contributed by atoms with Crippen molar-refractivity contribution in [2.45, 2.75) is 33.1 Å². The first-order chi connectivity index (χ1) is 18.7. The molecule has 39 heavy (non-hydrogen) atoms. The van der Waals surface area contributed by atoms with Crippen LogP contribution in [0.15, 0.2) is 66.7 Å². The van der Waals surface area contributed by atoms with E-state index in [1.807, 2.05) is 6.92 Å². The quantitative estimate of drug-likeness (QED) is 0.153. The van der Waals surface area contributed by atoms with Gasteiger partial charge < -0.3 is 15.4 Å². The van der Waals surface area contributed by atoms with Crippen molar-refractivity contribution in [3.8, 4) is 5.75 Å². The predicted octanol–water partition coefficient (Wildman–Crippen LogP) is 6.79. The number of unbranched alkanes of at least 4 members (excludes halogenated alkanes) is 2. The Labute approximate surface area is 236 Å². The molecule has 10 heteroatoms. The number of hydrogen-bond donors (Lipinski definition) is 3. The van der Waals surface area contributed by atoms with Crippen molar-refractivity contribution in [2.75, 3.05) is 22.7 Å². The second-order valence-corrected chi connectivity index (χ2v) is 9.80. The zero-order valence-corrected chi connectivity index (χ0v) is 23.0. The molecule has 202 valence electrons. The number of halogens is 2. The Morgan fingerprint density at radius 1 is 0.846 bits per heavy atom. The molecule has 3 N–H and O–H groups in total. The highest BCUT2D eigenvalue weighted by Crippen LogP contribution is 2.25. The van der Waals surface area contributed by atoms with Crippen LogP contribution in [0.1, 0.15) is 42.2 Å². The number of aryl methyl sites for hydroxylation is 1. The molecule has 0 radical (unpaired) electrons. The summed E-state index contributed by atoms with van der Waals surface area (Å²) in [5.41, 5.74) is 4.87. The average Bonchev–Trinajstić information content (AvgIpc) is 3.27. The Bertz CT molecular complexity index is 1520. The monoisotopic (exact) mass is 566 g/mol. The summed E-state index contributed by atoms with van der Waals surface area (Å²) < 4.78 is 6.93. The van der Waals surface area contributed by atoms with Gasteiger partial charge in [-0.15, -0.1) is 0 Å². The summed E-state index contributed by atoms with van der Waals surface area (Å²) in [6, 6.07) is 18.4. The van der Waals surface area contributed by atoms with E-state index in [-0.39, 0.29) is 5.69 Å². The van der Waals surface area contributed by atoms with Crippen molar-refractivity contribution in [2.24, 2.45) is 0 Å². The lowest BCUT2D eigenvalue weighted by atomic mass is 10.2. The van der Waals surface area contributed by atoms with Crippen molar-refractivity contribution in [3.05, 3.63) is 88.0 Å². The fourth-order valence-corrected chi connectivity index (χ4v) is 4.22. The van der Waals surface area contributed by atoms with Crippen LogP contribution in [0, 0.1) is 6.92 Å². The van der Waals surface area contributed by atoms with Gasteiger partial charge in [-0.2, -0.15) is 0 Å². The van der Waals surface area contributed by atoms with Crippen molar-refractivity contribution in [3.63, 3.8) is 0 Å². The molecule has 3 amide bonds. The molecule has 1 heterocycles. The normalized spacial score (nSPS) is 10.8. The molecule has 1 aromatic heterocycles. The van der Waals surface area contributed by atoms with Gasteiger partial charge in [0.25, 0.3) is 5.91 Å². The average molecular weight is 567 g/mol. The summed E-state index contributed by atoms with van der Waals surface area (Å²) in [6.07, 6.45) is 3.17. The summed E-state index contributed by atoms with van der Waals surface area (Å²) in [5.74, 6) is -1.71. The van der Waals surface area contributed by atoms with E-state index in [1.54, 1.807) is 66.7 Å². The molecule has 0 aliphatic heterocycles. The lowest BCUT2D eigenvalue weighted by Gasteiger charge is -2.13. The highest BCUT2D eigenvalue weighted by molar-refractivity contribution is 6.42. The Balaban J connectivity index is 1.49. The zero-order valence-electron chi connectivity index (χ0n) is 21.5. The van der Waals surface area contributed by atoms with Gasteiger partial charge in [-0.3, -0.25) is 19.8 Å². The lowest BCUT2D eigenvalue weighted by molar-refractivity contribution is -0.133. The molecule has 0 spiro atoms. The molecule has 0 saturated carbocycles. The predicted molar refractivity (Wildman–Crippen MR) is 156 cm³/mol. The minimum absolute atomic E-state index is 0.0923. The van der Waals surface area contributed by atoms with Gasteiger partial charge in [0.1, 0.15) is 11.4 Å². The standard InChI is InChI=1S/C29H28Cl2N4O4/c1-3-4-5-14-39-23-11-9-21(10-12-23)32-28(37)29(38)34-35-25-13-7-20(30)15-19(25)16-26(35)27(36)33-22-8-6-18(2)24(31)17-22/h6-13,15-17H,3-5,14H2,1-2H3,(H,32,37)(H,33,36)(H,34,38). The first-order valence-electron chi connectivity index (χ1n) is 12.5. The Morgan fingerprint density at radius 2 is 1.59 bits per heavy atom. The van der Waals surface area contributed by atoms with Crippen LogP contribution >= 0.6 is 23.2 Å². The molecule has 0 aliphatic carbocycles. The van der Waals surface area contributed by atoms with E-state index in [0.29, 0.717) is 44.7 Å². The largest absolute Gasteiger partial charge is 0.494 e. The number of nitrogens with zero attached hydrogens (tertiary/aromatic N) is 1. The maximum Gasteiger partial charge on any atom is 0.328 e. The molecular weight excluding hydrogens is 539 g/mol. The van der Waals surface area contributed by atoms with Gasteiger partial charge in [0.05, 0.1) is 12.1 Å². The van der Waals surface area contributed by atoms with Crippen molar-refractivity contribution < 1.29 is 19.1 Å². The van der Waals surface area contributed by atoms with Gasteiger partial charge in [0, 0.05) is 26.8 Å². The Kier molecular flexibility index (Phi) is 9.11. The van der Waals surface area contributed by atoms with Gasteiger partial charge in [-0.25, -0.2) is 4.68 Å². The van der Waals surface area contributed by atoms with Crippen LogP contribution in [0.3, 0.4) is 0 Å². The molecule has 0 saturated heterocycles. The third-order valence-electron chi connectivity index (χ3n) is 5.97. The van der Waals surface area contributed by atoms with Crippen molar-refractivity contribution in [1.82, 2.24) is 4.68 Å². The molecule has 0 fully saturated rings. The molecule has 0 atom stereocenters. The van der Waals surface area contributed by atoms with E-state index in [1.165, 1.54) is 4.68 Å². The van der Waals surface area contributed by atoms with Crippen LogP contribution in [-0.4, -0.2) is 29.0 Å². The SMILES string of the molecule is CCCCCOc1ccc(NC(=O)C(=O)Nn2c(C(=O)Nc3ccc(C)c(Cl)c3)cc3cc(Cl)ccc32)cc1. The summed E-state index contributed by atoms with van der Waals surface area (Å²) in [6.45, 7) is 4.59.